The predicted octanol–water partition coefficient (Wildman–Crippen LogP) is 2.47. The van der Waals surface area contributed by atoms with Gasteiger partial charge in [0.05, 0.1) is 33.4 Å². The zero-order valence-corrected chi connectivity index (χ0v) is 18.3. The minimum atomic E-state index is -4.01. The lowest BCUT2D eigenvalue weighted by molar-refractivity contribution is -0.257. The van der Waals surface area contributed by atoms with E-state index < -0.39 is 21.6 Å². The van der Waals surface area contributed by atoms with Gasteiger partial charge in [-0.25, -0.2) is 12.8 Å². The molecule has 1 atom stereocenters. The lowest BCUT2D eigenvalue weighted by atomic mass is 10.1. The lowest BCUT2D eigenvalue weighted by Gasteiger charge is -2.42. The third kappa shape index (κ3) is 4.75. The van der Waals surface area contributed by atoms with Crippen molar-refractivity contribution in [1.29, 1.82) is 0 Å². The molecule has 2 aromatic carbocycles. The zero-order valence-electron chi connectivity index (χ0n) is 17.5. The molecule has 2 fully saturated rings. The van der Waals surface area contributed by atoms with Gasteiger partial charge in [-0.2, -0.15) is 4.31 Å². The van der Waals surface area contributed by atoms with Crippen molar-refractivity contribution in [3.05, 3.63) is 59.9 Å². The van der Waals surface area contributed by atoms with E-state index in [1.165, 1.54) is 22.5 Å². The van der Waals surface area contributed by atoms with Gasteiger partial charge in [-0.1, -0.05) is 30.3 Å². The average Bonchev–Trinajstić information content (AvgIpc) is 2.96. The van der Waals surface area contributed by atoms with Gasteiger partial charge in [0.25, 0.3) is 0 Å². The van der Waals surface area contributed by atoms with E-state index in [1.807, 2.05) is 24.3 Å². The van der Waals surface area contributed by atoms with Crippen molar-refractivity contribution >= 4 is 10.0 Å². The van der Waals surface area contributed by atoms with Gasteiger partial charge in [0.2, 0.25) is 10.0 Å². The van der Waals surface area contributed by atoms with Crippen LogP contribution in [-0.2, 0) is 26.0 Å². The van der Waals surface area contributed by atoms with E-state index in [1.54, 1.807) is 7.11 Å². The topological polar surface area (TPSA) is 68.3 Å². The van der Waals surface area contributed by atoms with Gasteiger partial charge in [-0.05, 0) is 24.6 Å². The number of para-hydroxylation sites is 1. The van der Waals surface area contributed by atoms with E-state index in [2.05, 4.69) is 4.90 Å². The van der Waals surface area contributed by atoms with Crippen molar-refractivity contribution in [2.45, 2.75) is 23.6 Å². The monoisotopic (exact) mass is 450 g/mol. The van der Waals surface area contributed by atoms with E-state index >= 15 is 0 Å². The first-order valence-electron chi connectivity index (χ1n) is 10.3. The fraction of sp³-hybridized carbons (Fsp3) is 0.455. The van der Waals surface area contributed by atoms with Crippen LogP contribution in [0.2, 0.25) is 0 Å². The number of hydrogen-bond acceptors (Lipinski definition) is 6. The van der Waals surface area contributed by atoms with Crippen molar-refractivity contribution < 1.29 is 27.0 Å². The molecule has 0 bridgehead atoms. The predicted molar refractivity (Wildman–Crippen MR) is 113 cm³/mol. The highest BCUT2D eigenvalue weighted by Gasteiger charge is 2.44. The molecule has 0 aromatic heterocycles. The smallest absolute Gasteiger partial charge is 0.246 e. The van der Waals surface area contributed by atoms with Gasteiger partial charge in [-0.15, -0.1) is 0 Å². The van der Waals surface area contributed by atoms with Crippen molar-refractivity contribution in [2.75, 3.05) is 46.5 Å². The molecule has 2 heterocycles. The van der Waals surface area contributed by atoms with Crippen molar-refractivity contribution in [1.82, 2.24) is 9.21 Å². The summed E-state index contributed by atoms with van der Waals surface area (Å²) in [6, 6.07) is 13.2. The number of sulfonamides is 1. The highest BCUT2D eigenvalue weighted by molar-refractivity contribution is 7.89. The highest BCUT2D eigenvalue weighted by atomic mass is 32.2. The van der Waals surface area contributed by atoms with Gasteiger partial charge >= 0.3 is 0 Å². The molecule has 0 N–H and O–H groups in total. The Morgan fingerprint density at radius 2 is 1.77 bits per heavy atom. The number of nitrogens with zero attached hydrogens (tertiary/aromatic N) is 2. The first kappa shape index (κ1) is 22.2. The van der Waals surface area contributed by atoms with E-state index in [0.29, 0.717) is 19.7 Å². The number of benzene rings is 2. The molecule has 2 aromatic rings. The Kier molecular flexibility index (Phi) is 6.59. The SMILES string of the molecule is COc1ccccc1CN1CCCOC2(C1)CN(S(=O)(=O)c1ccccc1F)CCO2. The van der Waals surface area contributed by atoms with Gasteiger partial charge in [0.1, 0.15) is 16.5 Å². The lowest BCUT2D eigenvalue weighted by Crippen LogP contribution is -2.59. The molecule has 0 saturated carbocycles. The zero-order chi connectivity index (χ0) is 21.9. The summed E-state index contributed by atoms with van der Waals surface area (Å²) in [7, 11) is -2.37. The van der Waals surface area contributed by atoms with Crippen molar-refractivity contribution in [3.8, 4) is 5.75 Å². The molecule has 1 unspecified atom stereocenters. The minimum Gasteiger partial charge on any atom is -0.496 e. The summed E-state index contributed by atoms with van der Waals surface area (Å²) in [6.07, 6.45) is 0.792. The van der Waals surface area contributed by atoms with Gasteiger partial charge in [0, 0.05) is 25.2 Å². The van der Waals surface area contributed by atoms with Crippen LogP contribution in [0.1, 0.15) is 12.0 Å². The molecule has 7 nitrogen and oxygen atoms in total. The molecule has 4 rings (SSSR count). The number of rotatable bonds is 5. The molecule has 0 radical (unpaired) electrons. The fourth-order valence-electron chi connectivity index (χ4n) is 4.13. The summed E-state index contributed by atoms with van der Waals surface area (Å²) in [4.78, 5) is 1.86. The van der Waals surface area contributed by atoms with Crippen LogP contribution in [0.25, 0.3) is 0 Å². The summed E-state index contributed by atoms with van der Waals surface area (Å²) >= 11 is 0. The van der Waals surface area contributed by atoms with Gasteiger partial charge < -0.3 is 14.2 Å². The summed E-state index contributed by atoms with van der Waals surface area (Å²) in [5.74, 6) is -1.06. The number of hydrogen-bond donors (Lipinski definition) is 0. The first-order valence-corrected chi connectivity index (χ1v) is 11.7. The van der Waals surface area contributed by atoms with E-state index in [9.17, 15) is 12.8 Å². The number of ether oxygens (including phenoxy) is 3. The molecule has 2 aliphatic rings. The number of methoxy groups -OCH3 is 1. The molecule has 2 saturated heterocycles. The molecule has 9 heteroatoms. The van der Waals surface area contributed by atoms with E-state index in [4.69, 9.17) is 14.2 Å². The molecule has 0 amide bonds. The molecule has 168 valence electrons. The minimum absolute atomic E-state index is 0.00604. The standard InChI is InChI=1S/C22H27FN2O5S/c1-28-20-9-4-2-7-18(20)15-24-11-6-13-29-22(16-24)17-25(12-14-30-22)31(26,27)21-10-5-3-8-19(21)23/h2-5,7-10H,6,11-17H2,1H3. The Morgan fingerprint density at radius 1 is 1.03 bits per heavy atom. The van der Waals surface area contributed by atoms with Crippen LogP contribution in [0, 0.1) is 5.82 Å². The van der Waals surface area contributed by atoms with Crippen LogP contribution in [0.5, 0.6) is 5.75 Å². The number of halogens is 1. The number of morpholine rings is 1. The molecule has 0 aliphatic carbocycles. The van der Waals surface area contributed by atoms with Gasteiger partial charge in [0.15, 0.2) is 5.79 Å². The van der Waals surface area contributed by atoms with Crippen LogP contribution >= 0.6 is 0 Å². The third-order valence-electron chi connectivity index (χ3n) is 5.61. The largest absolute Gasteiger partial charge is 0.496 e. The Morgan fingerprint density at radius 3 is 2.58 bits per heavy atom. The van der Waals surface area contributed by atoms with Crippen LogP contribution in [0.15, 0.2) is 53.4 Å². The van der Waals surface area contributed by atoms with E-state index in [0.717, 1.165) is 30.3 Å². The second kappa shape index (κ2) is 9.22. The first-order chi connectivity index (χ1) is 14.9. The Hall–Kier alpha value is -2.04. The third-order valence-corrected chi connectivity index (χ3v) is 7.49. The summed E-state index contributed by atoms with van der Waals surface area (Å²) < 4.78 is 59.3. The highest BCUT2D eigenvalue weighted by Crippen LogP contribution is 2.30. The fourth-order valence-corrected chi connectivity index (χ4v) is 5.65. The second-order valence-corrected chi connectivity index (χ2v) is 9.66. The van der Waals surface area contributed by atoms with Crippen molar-refractivity contribution in [3.63, 3.8) is 0 Å². The summed E-state index contributed by atoms with van der Waals surface area (Å²) in [6.45, 7) is 2.59. The molecular weight excluding hydrogens is 423 g/mol. The maximum atomic E-state index is 14.2. The van der Waals surface area contributed by atoms with Crippen molar-refractivity contribution in [2.24, 2.45) is 0 Å². The Bertz CT molecular complexity index is 1020. The quantitative estimate of drug-likeness (QED) is 0.697. The summed E-state index contributed by atoms with van der Waals surface area (Å²) in [5, 5.41) is 0. The van der Waals surface area contributed by atoms with Crippen LogP contribution in [0.3, 0.4) is 0 Å². The molecule has 31 heavy (non-hydrogen) atoms. The van der Waals surface area contributed by atoms with E-state index in [-0.39, 0.29) is 24.6 Å². The molecule has 1 spiro atoms. The Labute approximate surface area is 182 Å². The molecular formula is C22H27FN2O5S. The maximum absolute atomic E-state index is 14.2. The molecule has 2 aliphatic heterocycles. The normalized spacial score (nSPS) is 23.5. The van der Waals surface area contributed by atoms with Crippen LogP contribution in [-0.4, -0.2) is 69.9 Å². The maximum Gasteiger partial charge on any atom is 0.246 e. The summed E-state index contributed by atoms with van der Waals surface area (Å²) in [5.41, 5.74) is 1.04. The van der Waals surface area contributed by atoms with Crippen LogP contribution in [0.4, 0.5) is 4.39 Å². The second-order valence-electron chi connectivity index (χ2n) is 7.75. The average molecular weight is 451 g/mol. The Balaban J connectivity index is 1.55. The van der Waals surface area contributed by atoms with Gasteiger partial charge in [-0.3, -0.25) is 4.90 Å². The van der Waals surface area contributed by atoms with Crippen LogP contribution < -0.4 is 4.74 Å².